The number of hydrogen-bond donors (Lipinski definition) is 0. The SMILES string of the molecule is CCN1C(=O)C(=O)N(Cc2ccccc2Br)C1=O. The van der Waals surface area contributed by atoms with Crippen LogP contribution < -0.4 is 0 Å². The summed E-state index contributed by atoms with van der Waals surface area (Å²) in [6.07, 6.45) is 0. The minimum atomic E-state index is -0.766. The van der Waals surface area contributed by atoms with E-state index < -0.39 is 17.8 Å². The molecule has 0 atom stereocenters. The van der Waals surface area contributed by atoms with Crippen LogP contribution in [0.25, 0.3) is 0 Å². The number of imide groups is 2. The molecule has 0 N–H and O–H groups in total. The standard InChI is InChI=1S/C12H11BrN2O3/c1-2-14-10(16)11(17)15(12(14)18)7-8-5-3-4-6-9(8)13/h3-6H,2,7H2,1H3. The Hall–Kier alpha value is -1.69. The summed E-state index contributed by atoms with van der Waals surface area (Å²) < 4.78 is 0.799. The highest BCUT2D eigenvalue weighted by Crippen LogP contribution is 2.21. The zero-order chi connectivity index (χ0) is 13.3. The second kappa shape index (κ2) is 4.89. The van der Waals surface area contributed by atoms with Gasteiger partial charge in [0.25, 0.3) is 0 Å². The number of carbonyl (C=O) groups excluding carboxylic acids is 3. The predicted octanol–water partition coefficient (Wildman–Crippen LogP) is 1.76. The second-order valence-corrected chi connectivity index (χ2v) is 4.67. The highest BCUT2D eigenvalue weighted by atomic mass is 79.9. The smallest absolute Gasteiger partial charge is 0.263 e. The summed E-state index contributed by atoms with van der Waals surface area (Å²) in [6, 6.07) is 6.71. The van der Waals surface area contributed by atoms with Gasteiger partial charge in [0.15, 0.2) is 0 Å². The molecule has 2 rings (SSSR count). The Morgan fingerprint density at radius 3 is 2.22 bits per heavy atom. The molecule has 1 aliphatic rings. The minimum absolute atomic E-state index is 0.0985. The van der Waals surface area contributed by atoms with Crippen LogP contribution in [-0.2, 0) is 16.1 Å². The highest BCUT2D eigenvalue weighted by Gasteiger charge is 2.43. The molecule has 0 radical (unpaired) electrons. The average Bonchev–Trinajstić information content (AvgIpc) is 2.56. The van der Waals surface area contributed by atoms with Crippen molar-refractivity contribution in [1.29, 1.82) is 0 Å². The first-order valence-electron chi connectivity index (χ1n) is 5.47. The zero-order valence-electron chi connectivity index (χ0n) is 9.72. The van der Waals surface area contributed by atoms with Crippen molar-refractivity contribution in [2.45, 2.75) is 13.5 Å². The number of urea groups is 1. The number of rotatable bonds is 3. The van der Waals surface area contributed by atoms with E-state index in [4.69, 9.17) is 0 Å². The van der Waals surface area contributed by atoms with Crippen molar-refractivity contribution in [3.05, 3.63) is 34.3 Å². The molecule has 18 heavy (non-hydrogen) atoms. The maximum atomic E-state index is 11.9. The summed E-state index contributed by atoms with van der Waals surface area (Å²) in [5.74, 6) is -1.52. The molecule has 1 fully saturated rings. The molecule has 1 saturated heterocycles. The normalized spacial score (nSPS) is 15.8. The fraction of sp³-hybridized carbons (Fsp3) is 0.250. The molecule has 4 amide bonds. The lowest BCUT2D eigenvalue weighted by molar-refractivity contribution is -0.143. The van der Waals surface area contributed by atoms with Crippen LogP contribution in [0.2, 0.25) is 0 Å². The number of hydrogen-bond acceptors (Lipinski definition) is 3. The van der Waals surface area contributed by atoms with E-state index in [-0.39, 0.29) is 13.1 Å². The van der Waals surface area contributed by atoms with Crippen LogP contribution >= 0.6 is 15.9 Å². The van der Waals surface area contributed by atoms with E-state index in [9.17, 15) is 14.4 Å². The number of carbonyl (C=O) groups is 3. The molecular weight excluding hydrogens is 300 g/mol. The summed E-state index contributed by atoms with van der Waals surface area (Å²) in [6.45, 7) is 1.96. The van der Waals surface area contributed by atoms with E-state index in [1.54, 1.807) is 13.0 Å². The van der Waals surface area contributed by atoms with Crippen molar-refractivity contribution in [3.8, 4) is 0 Å². The number of halogens is 1. The number of nitrogens with zero attached hydrogens (tertiary/aromatic N) is 2. The zero-order valence-corrected chi connectivity index (χ0v) is 11.3. The summed E-state index contributed by atoms with van der Waals surface area (Å²) in [5, 5.41) is 0. The van der Waals surface area contributed by atoms with Gasteiger partial charge >= 0.3 is 17.8 Å². The van der Waals surface area contributed by atoms with E-state index in [1.807, 2.05) is 18.2 Å². The molecular formula is C12H11BrN2O3. The van der Waals surface area contributed by atoms with Crippen LogP contribution in [0.3, 0.4) is 0 Å². The van der Waals surface area contributed by atoms with Crippen LogP contribution in [0.5, 0.6) is 0 Å². The largest absolute Gasteiger partial charge is 0.334 e. The average molecular weight is 311 g/mol. The Morgan fingerprint density at radius 1 is 1.06 bits per heavy atom. The topological polar surface area (TPSA) is 57.7 Å². The van der Waals surface area contributed by atoms with Crippen LogP contribution in [0.15, 0.2) is 28.7 Å². The third kappa shape index (κ3) is 2.03. The second-order valence-electron chi connectivity index (χ2n) is 3.81. The molecule has 1 aromatic rings. The van der Waals surface area contributed by atoms with Gasteiger partial charge in [-0.3, -0.25) is 19.4 Å². The fourth-order valence-electron chi connectivity index (χ4n) is 1.77. The molecule has 0 unspecified atom stereocenters. The van der Waals surface area contributed by atoms with E-state index in [0.29, 0.717) is 0 Å². The van der Waals surface area contributed by atoms with Gasteiger partial charge in [-0.05, 0) is 18.6 Å². The Kier molecular flexibility index (Phi) is 3.47. The van der Waals surface area contributed by atoms with E-state index in [1.165, 1.54) is 0 Å². The molecule has 0 saturated carbocycles. The number of likely N-dealkylation sites (N-methyl/N-ethyl adjacent to an activating group) is 1. The van der Waals surface area contributed by atoms with Crippen LogP contribution in [0, 0.1) is 0 Å². The van der Waals surface area contributed by atoms with Gasteiger partial charge < -0.3 is 0 Å². The molecule has 1 aromatic carbocycles. The highest BCUT2D eigenvalue weighted by molar-refractivity contribution is 9.10. The van der Waals surface area contributed by atoms with E-state index in [2.05, 4.69) is 15.9 Å². The van der Waals surface area contributed by atoms with Gasteiger partial charge in [-0.25, -0.2) is 4.79 Å². The molecule has 0 aliphatic carbocycles. The first-order chi connectivity index (χ1) is 8.56. The number of benzene rings is 1. The van der Waals surface area contributed by atoms with Crippen LogP contribution in [0.4, 0.5) is 4.79 Å². The van der Waals surface area contributed by atoms with Crippen LogP contribution in [0.1, 0.15) is 12.5 Å². The predicted molar refractivity (Wildman–Crippen MR) is 67.5 cm³/mol. The number of amides is 4. The van der Waals surface area contributed by atoms with E-state index >= 15 is 0 Å². The Bertz CT molecular complexity index is 530. The molecule has 94 valence electrons. The lowest BCUT2D eigenvalue weighted by Crippen LogP contribution is -2.32. The minimum Gasteiger partial charge on any atom is -0.263 e. The monoisotopic (exact) mass is 310 g/mol. The molecule has 1 aliphatic heterocycles. The maximum Gasteiger partial charge on any atom is 0.334 e. The van der Waals surface area contributed by atoms with Gasteiger partial charge in [-0.1, -0.05) is 34.1 Å². The molecule has 1 heterocycles. The lowest BCUT2D eigenvalue weighted by Gasteiger charge is -2.14. The van der Waals surface area contributed by atoms with Gasteiger partial charge in [0.1, 0.15) is 0 Å². The van der Waals surface area contributed by atoms with Crippen molar-refractivity contribution >= 4 is 33.8 Å². The fourth-order valence-corrected chi connectivity index (χ4v) is 2.18. The Morgan fingerprint density at radius 2 is 1.67 bits per heavy atom. The summed E-state index contributed by atoms with van der Waals surface area (Å²) >= 11 is 3.34. The van der Waals surface area contributed by atoms with Crippen molar-refractivity contribution in [2.75, 3.05) is 6.54 Å². The third-order valence-electron chi connectivity index (χ3n) is 2.74. The summed E-state index contributed by atoms with van der Waals surface area (Å²) in [7, 11) is 0. The first kappa shape index (κ1) is 12.8. The van der Waals surface area contributed by atoms with E-state index in [0.717, 1.165) is 19.8 Å². The molecule has 0 aromatic heterocycles. The van der Waals surface area contributed by atoms with Gasteiger partial charge in [0, 0.05) is 11.0 Å². The van der Waals surface area contributed by atoms with Crippen molar-refractivity contribution in [1.82, 2.24) is 9.80 Å². The third-order valence-corrected chi connectivity index (χ3v) is 3.51. The quantitative estimate of drug-likeness (QED) is 0.631. The molecule has 6 heteroatoms. The summed E-state index contributed by atoms with van der Waals surface area (Å²) in [5.41, 5.74) is 0.782. The summed E-state index contributed by atoms with van der Waals surface area (Å²) in [4.78, 5) is 37.0. The van der Waals surface area contributed by atoms with Crippen molar-refractivity contribution in [3.63, 3.8) is 0 Å². The van der Waals surface area contributed by atoms with Crippen LogP contribution in [-0.4, -0.2) is 34.2 Å². The Balaban J connectivity index is 2.25. The van der Waals surface area contributed by atoms with Gasteiger partial charge in [-0.15, -0.1) is 0 Å². The van der Waals surface area contributed by atoms with Gasteiger partial charge in [-0.2, -0.15) is 0 Å². The van der Waals surface area contributed by atoms with Crippen molar-refractivity contribution < 1.29 is 14.4 Å². The van der Waals surface area contributed by atoms with Crippen molar-refractivity contribution in [2.24, 2.45) is 0 Å². The molecule has 0 bridgehead atoms. The van der Waals surface area contributed by atoms with Gasteiger partial charge in [0.05, 0.1) is 6.54 Å². The maximum absolute atomic E-state index is 11.9. The molecule has 5 nitrogen and oxygen atoms in total. The lowest BCUT2D eigenvalue weighted by atomic mass is 10.2. The first-order valence-corrected chi connectivity index (χ1v) is 6.26. The Labute approximate surface area is 112 Å². The van der Waals surface area contributed by atoms with Gasteiger partial charge in [0.2, 0.25) is 0 Å². The molecule has 0 spiro atoms.